The Hall–Kier alpha value is -1.60. The summed E-state index contributed by atoms with van der Waals surface area (Å²) >= 11 is 1.48. The van der Waals surface area contributed by atoms with Gasteiger partial charge in [-0.2, -0.15) is 0 Å². The molecule has 0 aliphatic heterocycles. The molecule has 0 bridgehead atoms. The topological polar surface area (TPSA) is 40.5 Å². The Morgan fingerprint density at radius 1 is 1.06 bits per heavy atom. The second-order valence-corrected chi connectivity index (χ2v) is 4.90. The lowest BCUT2D eigenvalue weighted by atomic mass is 10.1. The zero-order chi connectivity index (χ0) is 12.8. The van der Waals surface area contributed by atoms with Crippen LogP contribution in [0.15, 0.2) is 47.8 Å². The van der Waals surface area contributed by atoms with Crippen LogP contribution in [-0.4, -0.2) is 16.3 Å². The number of thiophene rings is 1. The minimum Gasteiger partial charge on any atom is -0.387 e. The highest BCUT2D eigenvalue weighted by Gasteiger charge is 2.12. The number of aliphatic hydroxyl groups excluding tert-OH is 2. The first-order valence-electron chi connectivity index (χ1n) is 5.72. The van der Waals surface area contributed by atoms with Crippen molar-refractivity contribution in [2.24, 2.45) is 0 Å². The summed E-state index contributed by atoms with van der Waals surface area (Å²) in [6.07, 6.45) is -1.23. The van der Waals surface area contributed by atoms with E-state index in [0.29, 0.717) is 0 Å². The van der Waals surface area contributed by atoms with Crippen molar-refractivity contribution in [3.63, 3.8) is 0 Å². The molecule has 2 aromatic rings. The molecule has 18 heavy (non-hydrogen) atoms. The van der Waals surface area contributed by atoms with Crippen LogP contribution in [0.2, 0.25) is 0 Å². The molecular formula is C15H14O2S. The van der Waals surface area contributed by atoms with Crippen molar-refractivity contribution in [3.05, 3.63) is 58.3 Å². The third-order valence-corrected chi connectivity index (χ3v) is 3.45. The van der Waals surface area contributed by atoms with E-state index in [9.17, 15) is 10.2 Å². The Labute approximate surface area is 111 Å². The van der Waals surface area contributed by atoms with Crippen molar-refractivity contribution < 1.29 is 10.2 Å². The molecular weight excluding hydrogens is 244 g/mol. The minimum absolute atomic E-state index is 0.236. The lowest BCUT2D eigenvalue weighted by Gasteiger charge is -2.09. The maximum atomic E-state index is 9.86. The fourth-order valence-electron chi connectivity index (χ4n) is 1.56. The van der Waals surface area contributed by atoms with Crippen molar-refractivity contribution in [1.29, 1.82) is 0 Å². The third kappa shape index (κ3) is 3.71. The van der Waals surface area contributed by atoms with E-state index < -0.39 is 12.2 Å². The second-order valence-electron chi connectivity index (χ2n) is 3.92. The van der Waals surface area contributed by atoms with Gasteiger partial charge in [0.25, 0.3) is 0 Å². The summed E-state index contributed by atoms with van der Waals surface area (Å²) in [5.41, 5.74) is 0.863. The van der Waals surface area contributed by atoms with E-state index in [2.05, 4.69) is 11.8 Å². The van der Waals surface area contributed by atoms with Gasteiger partial charge in [0.1, 0.15) is 6.10 Å². The summed E-state index contributed by atoms with van der Waals surface area (Å²) in [5.74, 6) is 5.63. The molecule has 2 unspecified atom stereocenters. The molecule has 2 N–H and O–H groups in total. The molecule has 1 heterocycles. The molecule has 0 amide bonds. The van der Waals surface area contributed by atoms with Crippen LogP contribution < -0.4 is 0 Å². The fraction of sp³-hybridized carbons (Fsp3) is 0.200. The van der Waals surface area contributed by atoms with Crippen LogP contribution in [0.25, 0.3) is 0 Å². The summed E-state index contributed by atoms with van der Waals surface area (Å²) in [6, 6.07) is 13.2. The standard InChI is InChI=1S/C15H14O2S/c16-13(9-8-12-5-2-1-3-6-12)11-14(17)15-7-4-10-18-15/h1-7,10,13-14,16-17H,11H2. The van der Waals surface area contributed by atoms with E-state index in [1.807, 2.05) is 47.8 Å². The lowest BCUT2D eigenvalue weighted by molar-refractivity contribution is 0.111. The largest absolute Gasteiger partial charge is 0.387 e. The minimum atomic E-state index is -0.817. The first-order chi connectivity index (χ1) is 8.75. The molecule has 0 fully saturated rings. The Bertz CT molecular complexity index is 523. The number of benzene rings is 1. The predicted octanol–water partition coefficient (Wildman–Crippen LogP) is 2.58. The van der Waals surface area contributed by atoms with Gasteiger partial charge < -0.3 is 10.2 Å². The highest BCUT2D eigenvalue weighted by molar-refractivity contribution is 7.10. The zero-order valence-electron chi connectivity index (χ0n) is 9.78. The monoisotopic (exact) mass is 258 g/mol. The molecule has 2 rings (SSSR count). The molecule has 1 aromatic heterocycles. The van der Waals surface area contributed by atoms with Crippen LogP contribution in [0.5, 0.6) is 0 Å². The van der Waals surface area contributed by atoms with Gasteiger partial charge in [-0.1, -0.05) is 36.1 Å². The molecule has 0 aliphatic carbocycles. The van der Waals surface area contributed by atoms with Gasteiger partial charge in [0.15, 0.2) is 0 Å². The average molecular weight is 258 g/mol. The highest BCUT2D eigenvalue weighted by Crippen LogP contribution is 2.22. The van der Waals surface area contributed by atoms with Crippen LogP contribution in [0.1, 0.15) is 23.0 Å². The van der Waals surface area contributed by atoms with E-state index in [1.165, 1.54) is 11.3 Å². The van der Waals surface area contributed by atoms with E-state index in [1.54, 1.807) is 0 Å². The van der Waals surface area contributed by atoms with Crippen LogP contribution >= 0.6 is 11.3 Å². The van der Waals surface area contributed by atoms with Gasteiger partial charge >= 0.3 is 0 Å². The lowest BCUT2D eigenvalue weighted by Crippen LogP contribution is -2.09. The third-order valence-electron chi connectivity index (χ3n) is 2.48. The summed E-state index contributed by atoms with van der Waals surface area (Å²) < 4.78 is 0. The van der Waals surface area contributed by atoms with Gasteiger partial charge in [-0.05, 0) is 23.6 Å². The first kappa shape index (κ1) is 12.8. The molecule has 92 valence electrons. The quantitative estimate of drug-likeness (QED) is 0.831. The van der Waals surface area contributed by atoms with Gasteiger partial charge in [-0.15, -0.1) is 11.3 Å². The first-order valence-corrected chi connectivity index (χ1v) is 6.60. The molecule has 2 nitrogen and oxygen atoms in total. The Morgan fingerprint density at radius 2 is 1.83 bits per heavy atom. The summed E-state index contributed by atoms with van der Waals surface area (Å²) in [6.45, 7) is 0. The summed E-state index contributed by atoms with van der Waals surface area (Å²) in [7, 11) is 0. The van der Waals surface area contributed by atoms with E-state index >= 15 is 0 Å². The van der Waals surface area contributed by atoms with Gasteiger partial charge in [-0.3, -0.25) is 0 Å². The molecule has 0 radical (unpaired) electrons. The van der Waals surface area contributed by atoms with Crippen LogP contribution in [0, 0.1) is 11.8 Å². The summed E-state index contributed by atoms with van der Waals surface area (Å²) in [5, 5.41) is 21.5. The second kappa shape index (κ2) is 6.36. The molecule has 3 heteroatoms. The number of hydrogen-bond donors (Lipinski definition) is 2. The Balaban J connectivity index is 1.93. The number of aliphatic hydroxyl groups is 2. The van der Waals surface area contributed by atoms with E-state index in [4.69, 9.17) is 0 Å². The SMILES string of the molecule is OC(C#Cc1ccccc1)CC(O)c1cccs1. The fourth-order valence-corrected chi connectivity index (χ4v) is 2.28. The number of rotatable bonds is 3. The molecule has 2 atom stereocenters. The van der Waals surface area contributed by atoms with E-state index in [0.717, 1.165) is 10.4 Å². The molecule has 0 saturated carbocycles. The van der Waals surface area contributed by atoms with Crippen molar-refractivity contribution in [2.75, 3.05) is 0 Å². The molecule has 0 aliphatic rings. The van der Waals surface area contributed by atoms with Gasteiger partial charge in [-0.25, -0.2) is 0 Å². The van der Waals surface area contributed by atoms with Gasteiger partial charge in [0, 0.05) is 16.9 Å². The van der Waals surface area contributed by atoms with Crippen molar-refractivity contribution in [2.45, 2.75) is 18.6 Å². The number of hydrogen-bond acceptors (Lipinski definition) is 3. The highest BCUT2D eigenvalue weighted by atomic mass is 32.1. The maximum Gasteiger partial charge on any atom is 0.117 e. The van der Waals surface area contributed by atoms with Gasteiger partial charge in [0.2, 0.25) is 0 Å². The molecule has 0 saturated heterocycles. The zero-order valence-corrected chi connectivity index (χ0v) is 10.6. The Morgan fingerprint density at radius 3 is 2.50 bits per heavy atom. The average Bonchev–Trinajstić information content (AvgIpc) is 2.91. The van der Waals surface area contributed by atoms with E-state index in [-0.39, 0.29) is 6.42 Å². The normalized spacial score (nSPS) is 13.4. The molecule has 0 spiro atoms. The smallest absolute Gasteiger partial charge is 0.117 e. The maximum absolute atomic E-state index is 9.86. The van der Waals surface area contributed by atoms with Crippen molar-refractivity contribution in [1.82, 2.24) is 0 Å². The van der Waals surface area contributed by atoms with Crippen molar-refractivity contribution in [3.8, 4) is 11.8 Å². The summed E-state index contributed by atoms with van der Waals surface area (Å²) in [4.78, 5) is 0.857. The van der Waals surface area contributed by atoms with Crippen LogP contribution in [0.3, 0.4) is 0 Å². The van der Waals surface area contributed by atoms with Crippen LogP contribution in [-0.2, 0) is 0 Å². The predicted molar refractivity (Wildman–Crippen MR) is 73.2 cm³/mol. The van der Waals surface area contributed by atoms with Crippen LogP contribution in [0.4, 0.5) is 0 Å². The van der Waals surface area contributed by atoms with Crippen molar-refractivity contribution >= 4 is 11.3 Å². The molecule has 1 aromatic carbocycles. The van der Waals surface area contributed by atoms with Gasteiger partial charge in [0.05, 0.1) is 6.10 Å². The Kier molecular flexibility index (Phi) is 4.54.